The normalized spacial score (nSPS) is 18.3. The van der Waals surface area contributed by atoms with Gasteiger partial charge in [-0.05, 0) is 12.8 Å². The highest BCUT2D eigenvalue weighted by Crippen LogP contribution is 2.30. The topological polar surface area (TPSA) is 53.1 Å². The lowest BCUT2D eigenvalue weighted by Gasteiger charge is -2.20. The van der Waals surface area contributed by atoms with E-state index in [-0.39, 0.29) is 0 Å². The first-order valence-electron chi connectivity index (χ1n) is 5.62. The monoisotopic (exact) mass is 209 g/mol. The van der Waals surface area contributed by atoms with Crippen molar-refractivity contribution < 1.29 is 4.74 Å². The molecule has 1 fully saturated rings. The van der Waals surface area contributed by atoms with Crippen LogP contribution in [0.3, 0.4) is 0 Å². The highest BCUT2D eigenvalue weighted by molar-refractivity contribution is 5.40. The maximum absolute atomic E-state index is 6.07. The van der Waals surface area contributed by atoms with Crippen molar-refractivity contribution in [3.63, 3.8) is 0 Å². The molecule has 0 aromatic carbocycles. The standard InChI is InChI=1S/C11H19N3O/c1-3-9-13-10(11(12)14(9)2)8-4-6-15-7-5-8/h8H,3-7,12H2,1-2H3. The van der Waals surface area contributed by atoms with E-state index < -0.39 is 0 Å². The molecule has 1 aliphatic rings. The summed E-state index contributed by atoms with van der Waals surface area (Å²) in [6.45, 7) is 3.78. The number of nitrogen functional groups attached to an aromatic ring is 1. The maximum atomic E-state index is 6.07. The molecule has 2 rings (SSSR count). The van der Waals surface area contributed by atoms with Crippen LogP contribution in [0.2, 0.25) is 0 Å². The first-order valence-corrected chi connectivity index (χ1v) is 5.62. The molecule has 0 bridgehead atoms. The summed E-state index contributed by atoms with van der Waals surface area (Å²) >= 11 is 0. The highest BCUT2D eigenvalue weighted by Gasteiger charge is 2.22. The van der Waals surface area contributed by atoms with Gasteiger partial charge in [0.15, 0.2) is 0 Å². The van der Waals surface area contributed by atoms with Crippen molar-refractivity contribution in [3.05, 3.63) is 11.5 Å². The molecule has 15 heavy (non-hydrogen) atoms. The van der Waals surface area contributed by atoms with Gasteiger partial charge in [-0.3, -0.25) is 0 Å². The van der Waals surface area contributed by atoms with Crippen molar-refractivity contribution in [1.82, 2.24) is 9.55 Å². The van der Waals surface area contributed by atoms with E-state index in [0.29, 0.717) is 5.92 Å². The fourth-order valence-electron chi connectivity index (χ4n) is 2.17. The average molecular weight is 209 g/mol. The summed E-state index contributed by atoms with van der Waals surface area (Å²) in [5.74, 6) is 2.40. The molecule has 1 aromatic rings. The van der Waals surface area contributed by atoms with Gasteiger partial charge in [0.1, 0.15) is 11.6 Å². The van der Waals surface area contributed by atoms with Crippen LogP contribution in [0.4, 0.5) is 5.82 Å². The van der Waals surface area contributed by atoms with Gasteiger partial charge in [0.05, 0.1) is 5.69 Å². The summed E-state index contributed by atoms with van der Waals surface area (Å²) < 4.78 is 7.35. The second-order valence-corrected chi connectivity index (χ2v) is 4.10. The molecule has 1 aromatic heterocycles. The zero-order valence-corrected chi connectivity index (χ0v) is 9.49. The van der Waals surface area contributed by atoms with Gasteiger partial charge in [-0.1, -0.05) is 6.92 Å². The van der Waals surface area contributed by atoms with Crippen LogP contribution in [0, 0.1) is 0 Å². The Morgan fingerprint density at radius 2 is 2.13 bits per heavy atom. The summed E-state index contributed by atoms with van der Waals surface area (Å²) in [7, 11) is 1.99. The van der Waals surface area contributed by atoms with Gasteiger partial charge in [-0.2, -0.15) is 0 Å². The van der Waals surface area contributed by atoms with Crippen LogP contribution < -0.4 is 5.73 Å². The predicted molar refractivity (Wildman–Crippen MR) is 59.8 cm³/mol. The van der Waals surface area contributed by atoms with Crippen molar-refractivity contribution in [2.24, 2.45) is 7.05 Å². The van der Waals surface area contributed by atoms with Crippen LogP contribution in [-0.2, 0) is 18.2 Å². The largest absolute Gasteiger partial charge is 0.384 e. The molecule has 0 radical (unpaired) electrons. The number of nitrogens with two attached hydrogens (primary N) is 1. The minimum absolute atomic E-state index is 0.491. The molecule has 2 N–H and O–H groups in total. The Morgan fingerprint density at radius 1 is 1.47 bits per heavy atom. The number of nitrogens with zero attached hydrogens (tertiary/aromatic N) is 2. The lowest BCUT2D eigenvalue weighted by molar-refractivity contribution is 0.0847. The van der Waals surface area contributed by atoms with E-state index in [1.54, 1.807) is 0 Å². The van der Waals surface area contributed by atoms with Crippen molar-refractivity contribution in [1.29, 1.82) is 0 Å². The Balaban J connectivity index is 2.26. The average Bonchev–Trinajstić information content (AvgIpc) is 2.57. The molecule has 0 saturated carbocycles. The van der Waals surface area contributed by atoms with Gasteiger partial charge in [0.25, 0.3) is 0 Å². The number of aromatic nitrogens is 2. The fraction of sp³-hybridized carbons (Fsp3) is 0.727. The molecule has 4 nitrogen and oxygen atoms in total. The summed E-state index contributed by atoms with van der Waals surface area (Å²) in [6, 6.07) is 0. The number of hydrogen-bond donors (Lipinski definition) is 1. The van der Waals surface area contributed by atoms with Gasteiger partial charge in [-0.25, -0.2) is 4.98 Å². The molecular weight excluding hydrogens is 190 g/mol. The molecule has 0 spiro atoms. The Morgan fingerprint density at radius 3 is 2.67 bits per heavy atom. The molecule has 1 saturated heterocycles. The van der Waals surface area contributed by atoms with E-state index in [2.05, 4.69) is 11.9 Å². The lowest BCUT2D eigenvalue weighted by Crippen LogP contribution is -2.15. The Hall–Kier alpha value is -1.03. The number of ether oxygens (including phenoxy) is 1. The van der Waals surface area contributed by atoms with Crippen LogP contribution in [0.5, 0.6) is 0 Å². The van der Waals surface area contributed by atoms with E-state index >= 15 is 0 Å². The fourth-order valence-corrected chi connectivity index (χ4v) is 2.17. The second kappa shape index (κ2) is 4.23. The molecule has 2 heterocycles. The zero-order chi connectivity index (χ0) is 10.8. The van der Waals surface area contributed by atoms with Crippen molar-refractivity contribution >= 4 is 5.82 Å². The van der Waals surface area contributed by atoms with Crippen LogP contribution in [0.1, 0.15) is 37.2 Å². The third-order valence-electron chi connectivity index (χ3n) is 3.18. The predicted octanol–water partition coefficient (Wildman–Crippen LogP) is 1.46. The molecule has 0 aliphatic carbocycles. The second-order valence-electron chi connectivity index (χ2n) is 4.10. The van der Waals surface area contributed by atoms with E-state index in [1.165, 1.54) is 0 Å². The van der Waals surface area contributed by atoms with Gasteiger partial charge in [-0.15, -0.1) is 0 Å². The van der Waals surface area contributed by atoms with Gasteiger partial charge in [0.2, 0.25) is 0 Å². The summed E-state index contributed by atoms with van der Waals surface area (Å²) in [5.41, 5.74) is 7.15. The van der Waals surface area contributed by atoms with Crippen LogP contribution in [-0.4, -0.2) is 22.8 Å². The number of anilines is 1. The first-order chi connectivity index (χ1) is 7.24. The summed E-state index contributed by atoms with van der Waals surface area (Å²) in [6.07, 6.45) is 3.03. The number of aryl methyl sites for hydroxylation is 1. The zero-order valence-electron chi connectivity index (χ0n) is 9.49. The SMILES string of the molecule is CCc1nc(C2CCOCC2)c(N)n1C. The minimum Gasteiger partial charge on any atom is -0.384 e. The highest BCUT2D eigenvalue weighted by atomic mass is 16.5. The van der Waals surface area contributed by atoms with Crippen LogP contribution >= 0.6 is 0 Å². The number of rotatable bonds is 2. The number of hydrogen-bond acceptors (Lipinski definition) is 3. The smallest absolute Gasteiger partial charge is 0.126 e. The minimum atomic E-state index is 0.491. The number of imidazole rings is 1. The molecule has 84 valence electrons. The Labute approximate surface area is 90.4 Å². The molecule has 4 heteroatoms. The molecule has 1 aliphatic heterocycles. The van der Waals surface area contributed by atoms with Crippen molar-refractivity contribution in [2.75, 3.05) is 18.9 Å². The summed E-state index contributed by atoms with van der Waals surface area (Å²) in [5, 5.41) is 0. The quantitative estimate of drug-likeness (QED) is 0.802. The molecular formula is C11H19N3O. The third kappa shape index (κ3) is 1.86. The van der Waals surface area contributed by atoms with E-state index in [1.807, 2.05) is 11.6 Å². The van der Waals surface area contributed by atoms with Gasteiger partial charge < -0.3 is 15.0 Å². The molecule has 0 atom stereocenters. The third-order valence-corrected chi connectivity index (χ3v) is 3.18. The first kappa shape index (κ1) is 10.5. The Bertz CT molecular complexity index is 340. The van der Waals surface area contributed by atoms with Crippen molar-refractivity contribution in [3.8, 4) is 0 Å². The summed E-state index contributed by atoms with van der Waals surface area (Å²) in [4.78, 5) is 4.63. The maximum Gasteiger partial charge on any atom is 0.126 e. The van der Waals surface area contributed by atoms with Crippen molar-refractivity contribution in [2.45, 2.75) is 32.1 Å². The van der Waals surface area contributed by atoms with Gasteiger partial charge in [0, 0.05) is 32.6 Å². The van der Waals surface area contributed by atoms with E-state index in [9.17, 15) is 0 Å². The van der Waals surface area contributed by atoms with Crippen LogP contribution in [0.15, 0.2) is 0 Å². The van der Waals surface area contributed by atoms with Crippen LogP contribution in [0.25, 0.3) is 0 Å². The lowest BCUT2D eigenvalue weighted by atomic mass is 9.96. The molecule has 0 unspecified atom stereocenters. The molecule has 0 amide bonds. The van der Waals surface area contributed by atoms with E-state index in [0.717, 1.165) is 49.8 Å². The Kier molecular flexibility index (Phi) is 2.95. The van der Waals surface area contributed by atoms with E-state index in [4.69, 9.17) is 10.5 Å². The van der Waals surface area contributed by atoms with Gasteiger partial charge >= 0.3 is 0 Å².